The standard InChI is InChI=1S/C16H19FN4O/c17-13-4-2-1-3-11(13)5-7-19-15-9-14(20-16(18)21-15)12-6-8-22-10-12/h1-4,9,12H,5-8,10H2,(H3,18,19,20,21)/t12-/m0/s1. The number of benzene rings is 1. The van der Waals surface area contributed by atoms with E-state index in [-0.39, 0.29) is 17.7 Å². The second-order valence-electron chi connectivity index (χ2n) is 5.36. The molecule has 1 saturated heterocycles. The lowest BCUT2D eigenvalue weighted by molar-refractivity contribution is 0.193. The first-order valence-electron chi connectivity index (χ1n) is 7.42. The minimum absolute atomic E-state index is 0.185. The van der Waals surface area contributed by atoms with Gasteiger partial charge in [-0.05, 0) is 24.5 Å². The van der Waals surface area contributed by atoms with Crippen molar-refractivity contribution in [2.24, 2.45) is 0 Å². The molecular weight excluding hydrogens is 283 g/mol. The van der Waals surface area contributed by atoms with Crippen LogP contribution in [0.15, 0.2) is 30.3 Å². The minimum atomic E-state index is -0.185. The van der Waals surface area contributed by atoms with Crippen molar-refractivity contribution in [1.29, 1.82) is 0 Å². The first-order valence-corrected chi connectivity index (χ1v) is 7.42. The lowest BCUT2D eigenvalue weighted by Crippen LogP contribution is -2.11. The molecule has 3 N–H and O–H groups in total. The maximum Gasteiger partial charge on any atom is 0.222 e. The number of nitrogens with two attached hydrogens (primary N) is 1. The summed E-state index contributed by atoms with van der Waals surface area (Å²) in [6.45, 7) is 2.01. The van der Waals surface area contributed by atoms with Gasteiger partial charge in [-0.3, -0.25) is 0 Å². The zero-order chi connectivity index (χ0) is 15.4. The van der Waals surface area contributed by atoms with E-state index < -0.39 is 0 Å². The lowest BCUT2D eigenvalue weighted by Gasteiger charge is -2.11. The number of nitrogen functional groups attached to an aromatic ring is 1. The fourth-order valence-electron chi connectivity index (χ4n) is 2.58. The summed E-state index contributed by atoms with van der Waals surface area (Å²) in [7, 11) is 0. The highest BCUT2D eigenvalue weighted by Crippen LogP contribution is 2.25. The van der Waals surface area contributed by atoms with E-state index in [1.54, 1.807) is 12.1 Å². The van der Waals surface area contributed by atoms with E-state index >= 15 is 0 Å². The summed E-state index contributed by atoms with van der Waals surface area (Å²) in [4.78, 5) is 8.46. The molecule has 5 nitrogen and oxygen atoms in total. The number of hydrogen-bond donors (Lipinski definition) is 2. The Labute approximate surface area is 128 Å². The minimum Gasteiger partial charge on any atom is -0.381 e. The van der Waals surface area contributed by atoms with Gasteiger partial charge in [0.25, 0.3) is 0 Å². The van der Waals surface area contributed by atoms with Crippen LogP contribution < -0.4 is 11.1 Å². The predicted molar refractivity (Wildman–Crippen MR) is 83.2 cm³/mol. The molecule has 0 spiro atoms. The van der Waals surface area contributed by atoms with Crippen LogP contribution >= 0.6 is 0 Å². The summed E-state index contributed by atoms with van der Waals surface area (Å²) >= 11 is 0. The van der Waals surface area contributed by atoms with Crippen LogP contribution in [0.1, 0.15) is 23.6 Å². The molecule has 0 bridgehead atoms. The Morgan fingerprint density at radius 2 is 2.18 bits per heavy atom. The molecule has 1 aromatic heterocycles. The Kier molecular flexibility index (Phi) is 4.48. The molecule has 0 amide bonds. The molecule has 2 heterocycles. The first-order chi connectivity index (χ1) is 10.7. The number of aromatic nitrogens is 2. The highest BCUT2D eigenvalue weighted by Gasteiger charge is 2.20. The van der Waals surface area contributed by atoms with Crippen LogP contribution in [0.3, 0.4) is 0 Å². The summed E-state index contributed by atoms with van der Waals surface area (Å²) in [5.41, 5.74) is 7.35. The molecule has 0 radical (unpaired) electrons. The summed E-state index contributed by atoms with van der Waals surface area (Å²) in [5.74, 6) is 1.01. The van der Waals surface area contributed by atoms with Crippen LogP contribution in [0.4, 0.5) is 16.2 Å². The maximum absolute atomic E-state index is 13.6. The van der Waals surface area contributed by atoms with Gasteiger partial charge in [0.1, 0.15) is 11.6 Å². The van der Waals surface area contributed by atoms with Crippen molar-refractivity contribution in [3.8, 4) is 0 Å². The third kappa shape index (κ3) is 3.51. The van der Waals surface area contributed by atoms with Gasteiger partial charge in [0.05, 0.1) is 12.3 Å². The van der Waals surface area contributed by atoms with Gasteiger partial charge < -0.3 is 15.8 Å². The van der Waals surface area contributed by atoms with Gasteiger partial charge in [0.2, 0.25) is 5.95 Å². The molecule has 116 valence electrons. The van der Waals surface area contributed by atoms with E-state index in [4.69, 9.17) is 10.5 Å². The van der Waals surface area contributed by atoms with Crippen molar-refractivity contribution in [3.05, 3.63) is 47.4 Å². The van der Waals surface area contributed by atoms with Crippen LogP contribution in [0.5, 0.6) is 0 Å². The van der Waals surface area contributed by atoms with Gasteiger partial charge in [-0.2, -0.15) is 4.98 Å². The summed E-state index contributed by atoms with van der Waals surface area (Å²) in [6, 6.07) is 8.67. The highest BCUT2D eigenvalue weighted by atomic mass is 19.1. The summed E-state index contributed by atoms with van der Waals surface area (Å²) in [5, 5.41) is 3.19. The van der Waals surface area contributed by atoms with E-state index in [1.165, 1.54) is 6.07 Å². The normalized spacial score (nSPS) is 17.6. The van der Waals surface area contributed by atoms with Gasteiger partial charge in [-0.25, -0.2) is 9.37 Å². The lowest BCUT2D eigenvalue weighted by atomic mass is 10.0. The van der Waals surface area contributed by atoms with Gasteiger partial charge in [-0.1, -0.05) is 18.2 Å². The predicted octanol–water partition coefficient (Wildman–Crippen LogP) is 2.36. The topological polar surface area (TPSA) is 73.1 Å². The number of hydrogen-bond acceptors (Lipinski definition) is 5. The monoisotopic (exact) mass is 302 g/mol. The van der Waals surface area contributed by atoms with E-state index in [2.05, 4.69) is 15.3 Å². The van der Waals surface area contributed by atoms with Gasteiger partial charge in [0.15, 0.2) is 0 Å². The molecule has 22 heavy (non-hydrogen) atoms. The van der Waals surface area contributed by atoms with Crippen LogP contribution in [-0.4, -0.2) is 29.7 Å². The smallest absolute Gasteiger partial charge is 0.222 e. The average Bonchev–Trinajstić information content (AvgIpc) is 3.03. The molecule has 0 aliphatic carbocycles. The number of anilines is 2. The van der Waals surface area contributed by atoms with Crippen molar-refractivity contribution in [3.63, 3.8) is 0 Å². The molecule has 1 aromatic carbocycles. The van der Waals surface area contributed by atoms with Crippen molar-refractivity contribution in [2.75, 3.05) is 30.8 Å². The maximum atomic E-state index is 13.6. The molecule has 0 saturated carbocycles. The molecule has 3 rings (SSSR count). The molecule has 1 aliphatic heterocycles. The van der Waals surface area contributed by atoms with Crippen LogP contribution in [0, 0.1) is 5.82 Å². The Morgan fingerprint density at radius 1 is 1.32 bits per heavy atom. The van der Waals surface area contributed by atoms with Crippen LogP contribution in [0.25, 0.3) is 0 Å². The van der Waals surface area contributed by atoms with Crippen molar-refractivity contribution >= 4 is 11.8 Å². The fourth-order valence-corrected chi connectivity index (χ4v) is 2.58. The van der Waals surface area contributed by atoms with Crippen molar-refractivity contribution in [1.82, 2.24) is 9.97 Å². The van der Waals surface area contributed by atoms with E-state index in [0.717, 1.165) is 18.7 Å². The number of halogens is 1. The largest absolute Gasteiger partial charge is 0.381 e. The molecule has 1 fully saturated rings. The van der Waals surface area contributed by atoms with Gasteiger partial charge in [-0.15, -0.1) is 0 Å². The number of ether oxygens (including phenoxy) is 1. The zero-order valence-corrected chi connectivity index (χ0v) is 12.3. The molecule has 2 aromatic rings. The third-order valence-electron chi connectivity index (χ3n) is 3.77. The SMILES string of the molecule is Nc1nc(NCCc2ccccc2F)cc([C@H]2CCOC2)n1. The summed E-state index contributed by atoms with van der Waals surface area (Å²) in [6.07, 6.45) is 1.53. The summed E-state index contributed by atoms with van der Waals surface area (Å²) < 4.78 is 18.9. The first kappa shape index (κ1) is 14.7. The fraction of sp³-hybridized carbons (Fsp3) is 0.375. The van der Waals surface area contributed by atoms with Crippen LogP contribution in [0.2, 0.25) is 0 Å². The Morgan fingerprint density at radius 3 is 2.95 bits per heavy atom. The van der Waals surface area contributed by atoms with E-state index in [0.29, 0.717) is 31.0 Å². The van der Waals surface area contributed by atoms with Gasteiger partial charge in [0, 0.05) is 25.1 Å². The van der Waals surface area contributed by atoms with Crippen LogP contribution in [-0.2, 0) is 11.2 Å². The second-order valence-corrected chi connectivity index (χ2v) is 5.36. The number of nitrogens with zero attached hydrogens (tertiary/aromatic N) is 2. The Balaban J connectivity index is 1.63. The highest BCUT2D eigenvalue weighted by molar-refractivity contribution is 5.41. The van der Waals surface area contributed by atoms with E-state index in [1.807, 2.05) is 12.1 Å². The Bertz CT molecular complexity index is 644. The van der Waals surface area contributed by atoms with Gasteiger partial charge >= 0.3 is 0 Å². The molecule has 0 unspecified atom stereocenters. The second kappa shape index (κ2) is 6.70. The zero-order valence-electron chi connectivity index (χ0n) is 12.3. The molecule has 1 aliphatic rings. The van der Waals surface area contributed by atoms with Crippen molar-refractivity contribution in [2.45, 2.75) is 18.8 Å². The number of rotatable bonds is 5. The molecular formula is C16H19FN4O. The molecule has 1 atom stereocenters. The quantitative estimate of drug-likeness (QED) is 0.887. The number of nitrogens with one attached hydrogen (secondary N) is 1. The third-order valence-corrected chi connectivity index (χ3v) is 3.77. The average molecular weight is 302 g/mol. The van der Waals surface area contributed by atoms with Crippen molar-refractivity contribution < 1.29 is 9.13 Å². The Hall–Kier alpha value is -2.21. The van der Waals surface area contributed by atoms with E-state index in [9.17, 15) is 4.39 Å². The molecule has 6 heteroatoms.